The molecule has 4 aromatic rings. The highest BCUT2D eigenvalue weighted by Gasteiger charge is 2.18. The van der Waals surface area contributed by atoms with Gasteiger partial charge in [0.15, 0.2) is 0 Å². The summed E-state index contributed by atoms with van der Waals surface area (Å²) >= 11 is 0. The average Bonchev–Trinajstić information content (AvgIpc) is 2.82. The second-order valence-electron chi connectivity index (χ2n) is 7.70. The van der Waals surface area contributed by atoms with Gasteiger partial charge in [-0.1, -0.05) is 91.0 Å². The molecular formula is C27H25N3O2. The van der Waals surface area contributed by atoms with Gasteiger partial charge in [-0.25, -0.2) is 4.98 Å². The Labute approximate surface area is 187 Å². The van der Waals surface area contributed by atoms with Crippen LogP contribution in [0, 0.1) is 6.92 Å². The van der Waals surface area contributed by atoms with Crippen molar-refractivity contribution in [3.05, 3.63) is 124 Å². The van der Waals surface area contributed by atoms with E-state index in [1.807, 2.05) is 91.0 Å². The first-order chi connectivity index (χ1) is 15.6. The van der Waals surface area contributed by atoms with Crippen LogP contribution in [0.2, 0.25) is 0 Å². The molecule has 0 spiro atoms. The maximum atomic E-state index is 13.3. The van der Waals surface area contributed by atoms with Gasteiger partial charge in [0.25, 0.3) is 5.56 Å². The summed E-state index contributed by atoms with van der Waals surface area (Å²) in [6.07, 6.45) is 0. The van der Waals surface area contributed by atoms with Crippen molar-refractivity contribution in [2.24, 2.45) is 0 Å². The van der Waals surface area contributed by atoms with Gasteiger partial charge >= 0.3 is 0 Å². The summed E-state index contributed by atoms with van der Waals surface area (Å²) in [5.74, 6) is 0.390. The minimum Gasteiger partial charge on any atom is -0.332 e. The van der Waals surface area contributed by atoms with Crippen LogP contribution < -0.4 is 5.56 Å². The highest BCUT2D eigenvalue weighted by molar-refractivity contribution is 5.76. The van der Waals surface area contributed by atoms with Crippen molar-refractivity contribution in [3.8, 4) is 11.3 Å². The number of hydrogen-bond donors (Lipinski definition) is 0. The molecule has 0 saturated heterocycles. The average molecular weight is 424 g/mol. The van der Waals surface area contributed by atoms with E-state index in [1.165, 1.54) is 10.6 Å². The number of carbonyl (C=O) groups excluding carboxylic acids is 1. The first-order valence-electron chi connectivity index (χ1n) is 10.6. The predicted octanol–water partition coefficient (Wildman–Crippen LogP) is 4.45. The Morgan fingerprint density at radius 3 is 1.81 bits per heavy atom. The first kappa shape index (κ1) is 21.2. The topological polar surface area (TPSA) is 55.2 Å². The van der Waals surface area contributed by atoms with Crippen LogP contribution in [0.25, 0.3) is 11.3 Å². The van der Waals surface area contributed by atoms with Crippen LogP contribution in [-0.4, -0.2) is 20.4 Å². The number of carbonyl (C=O) groups is 1. The van der Waals surface area contributed by atoms with E-state index >= 15 is 0 Å². The zero-order chi connectivity index (χ0) is 22.3. The van der Waals surface area contributed by atoms with Crippen LogP contribution in [0.5, 0.6) is 0 Å². The Kier molecular flexibility index (Phi) is 6.56. The van der Waals surface area contributed by atoms with E-state index < -0.39 is 0 Å². The Morgan fingerprint density at radius 2 is 1.31 bits per heavy atom. The van der Waals surface area contributed by atoms with E-state index in [2.05, 4.69) is 4.98 Å². The highest BCUT2D eigenvalue weighted by atomic mass is 16.2. The maximum absolute atomic E-state index is 13.3. The van der Waals surface area contributed by atoms with Gasteiger partial charge in [-0.15, -0.1) is 0 Å². The SMILES string of the molecule is Cc1nc(-c2ccccc2)cc(=O)n1CC(=O)N(Cc1ccccc1)Cc1ccccc1. The second-order valence-corrected chi connectivity index (χ2v) is 7.70. The lowest BCUT2D eigenvalue weighted by molar-refractivity contribution is -0.133. The molecule has 4 rings (SSSR count). The zero-order valence-electron chi connectivity index (χ0n) is 18.0. The van der Waals surface area contributed by atoms with E-state index in [0.717, 1.165) is 16.7 Å². The van der Waals surface area contributed by atoms with Crippen molar-refractivity contribution in [1.29, 1.82) is 0 Å². The molecule has 1 aromatic heterocycles. The van der Waals surface area contributed by atoms with E-state index in [9.17, 15) is 9.59 Å². The summed E-state index contributed by atoms with van der Waals surface area (Å²) in [6, 6.07) is 30.8. The van der Waals surface area contributed by atoms with Crippen LogP contribution in [0.4, 0.5) is 0 Å². The Bertz CT molecular complexity index is 1190. The third kappa shape index (κ3) is 5.19. The third-order valence-electron chi connectivity index (χ3n) is 5.35. The molecule has 5 nitrogen and oxygen atoms in total. The monoisotopic (exact) mass is 423 g/mol. The lowest BCUT2D eigenvalue weighted by Crippen LogP contribution is -2.36. The maximum Gasteiger partial charge on any atom is 0.254 e. The lowest BCUT2D eigenvalue weighted by Gasteiger charge is -2.24. The number of hydrogen-bond acceptors (Lipinski definition) is 3. The molecule has 5 heteroatoms. The van der Waals surface area contributed by atoms with Crippen molar-refractivity contribution >= 4 is 5.91 Å². The normalized spacial score (nSPS) is 10.7. The fourth-order valence-electron chi connectivity index (χ4n) is 3.65. The molecule has 0 bridgehead atoms. The van der Waals surface area contributed by atoms with Crippen molar-refractivity contribution in [1.82, 2.24) is 14.5 Å². The van der Waals surface area contributed by atoms with Gasteiger partial charge in [-0.2, -0.15) is 0 Å². The third-order valence-corrected chi connectivity index (χ3v) is 5.35. The fourth-order valence-corrected chi connectivity index (χ4v) is 3.65. The molecule has 0 aliphatic rings. The number of benzene rings is 3. The van der Waals surface area contributed by atoms with Crippen molar-refractivity contribution < 1.29 is 4.79 Å². The molecule has 0 saturated carbocycles. The summed E-state index contributed by atoms with van der Waals surface area (Å²) < 4.78 is 1.44. The minimum absolute atomic E-state index is 0.0492. The minimum atomic E-state index is -0.232. The Hall–Kier alpha value is -3.99. The molecular weight excluding hydrogens is 398 g/mol. The van der Waals surface area contributed by atoms with Crippen LogP contribution in [0.1, 0.15) is 17.0 Å². The quantitative estimate of drug-likeness (QED) is 0.441. The van der Waals surface area contributed by atoms with Gasteiger partial charge in [0, 0.05) is 24.7 Å². The summed E-state index contributed by atoms with van der Waals surface area (Å²) in [5, 5.41) is 0. The van der Waals surface area contributed by atoms with Gasteiger partial charge in [0.1, 0.15) is 12.4 Å². The molecule has 0 aliphatic heterocycles. The molecule has 0 N–H and O–H groups in total. The van der Waals surface area contributed by atoms with Crippen LogP contribution in [0.3, 0.4) is 0 Å². The van der Waals surface area contributed by atoms with Crippen molar-refractivity contribution in [2.45, 2.75) is 26.6 Å². The van der Waals surface area contributed by atoms with Crippen LogP contribution in [0.15, 0.2) is 102 Å². The molecule has 3 aromatic carbocycles. The summed E-state index contributed by atoms with van der Waals surface area (Å²) in [4.78, 5) is 32.5. The Balaban J connectivity index is 1.59. The fraction of sp³-hybridized carbons (Fsp3) is 0.148. The Morgan fingerprint density at radius 1 is 0.812 bits per heavy atom. The summed E-state index contributed by atoms with van der Waals surface area (Å²) in [7, 11) is 0. The number of nitrogens with zero attached hydrogens (tertiary/aromatic N) is 3. The van der Waals surface area contributed by atoms with Gasteiger partial charge in [-0.05, 0) is 18.1 Å². The molecule has 0 fully saturated rings. The first-order valence-corrected chi connectivity index (χ1v) is 10.6. The summed E-state index contributed by atoms with van der Waals surface area (Å²) in [6.45, 7) is 2.65. The van der Waals surface area contributed by atoms with E-state index in [-0.39, 0.29) is 18.0 Å². The molecule has 1 heterocycles. The van der Waals surface area contributed by atoms with E-state index in [0.29, 0.717) is 24.6 Å². The molecule has 0 radical (unpaired) electrons. The smallest absolute Gasteiger partial charge is 0.254 e. The zero-order valence-corrected chi connectivity index (χ0v) is 18.0. The van der Waals surface area contributed by atoms with Gasteiger partial charge in [0.2, 0.25) is 5.91 Å². The number of aromatic nitrogens is 2. The van der Waals surface area contributed by atoms with Crippen LogP contribution >= 0.6 is 0 Å². The molecule has 1 amide bonds. The molecule has 0 aliphatic carbocycles. The standard InChI is InChI=1S/C27H25N3O2/c1-21-28-25(24-15-9-4-10-16-24)17-26(31)30(21)20-27(32)29(18-22-11-5-2-6-12-22)19-23-13-7-3-8-14-23/h2-17H,18-20H2,1H3. The van der Waals surface area contributed by atoms with Crippen molar-refractivity contribution in [2.75, 3.05) is 0 Å². The highest BCUT2D eigenvalue weighted by Crippen LogP contribution is 2.15. The number of rotatable bonds is 7. The number of aryl methyl sites for hydroxylation is 1. The van der Waals surface area contributed by atoms with Crippen molar-refractivity contribution in [3.63, 3.8) is 0 Å². The molecule has 0 atom stereocenters. The predicted molar refractivity (Wildman–Crippen MR) is 126 cm³/mol. The molecule has 160 valence electrons. The lowest BCUT2D eigenvalue weighted by atomic mass is 10.1. The van der Waals surface area contributed by atoms with Gasteiger partial charge < -0.3 is 4.90 Å². The summed E-state index contributed by atoms with van der Waals surface area (Å²) in [5.41, 5.74) is 3.34. The molecule has 0 unspecified atom stereocenters. The largest absolute Gasteiger partial charge is 0.332 e. The molecule has 32 heavy (non-hydrogen) atoms. The second kappa shape index (κ2) is 9.88. The number of amides is 1. The van der Waals surface area contributed by atoms with E-state index in [4.69, 9.17) is 0 Å². The van der Waals surface area contributed by atoms with E-state index in [1.54, 1.807) is 11.8 Å². The van der Waals surface area contributed by atoms with Gasteiger partial charge in [0.05, 0.1) is 5.69 Å². The van der Waals surface area contributed by atoms with Gasteiger partial charge in [-0.3, -0.25) is 14.2 Å². The van der Waals surface area contributed by atoms with Crippen LogP contribution in [-0.2, 0) is 24.4 Å².